The number of benzene rings is 1. The first-order chi connectivity index (χ1) is 7.61. The van der Waals surface area contributed by atoms with Crippen molar-refractivity contribution >= 4 is 23.4 Å². The predicted octanol–water partition coefficient (Wildman–Crippen LogP) is 2.11. The number of hydrazone groups is 1. The van der Waals surface area contributed by atoms with Crippen molar-refractivity contribution in [1.29, 1.82) is 0 Å². The smallest absolute Gasteiger partial charge is 0.248 e. The van der Waals surface area contributed by atoms with Crippen LogP contribution in [0, 0.1) is 5.82 Å². The van der Waals surface area contributed by atoms with E-state index in [1.807, 2.05) is 6.26 Å². The number of carbonyl (C=O) groups is 1. The highest BCUT2D eigenvalue weighted by Crippen LogP contribution is 2.22. The maximum Gasteiger partial charge on any atom is 0.248 e. The van der Waals surface area contributed by atoms with Gasteiger partial charge in [-0.1, -0.05) is 6.07 Å². The first-order valence-electron chi connectivity index (χ1n) is 4.80. The van der Waals surface area contributed by atoms with Crippen LogP contribution in [-0.4, -0.2) is 29.9 Å². The Morgan fingerprint density at radius 1 is 1.50 bits per heavy atom. The molecule has 1 aliphatic rings. The largest absolute Gasteiger partial charge is 0.273 e. The molecule has 84 valence electrons. The Balaban J connectivity index is 2.33. The third-order valence-corrected chi connectivity index (χ3v) is 3.21. The highest BCUT2D eigenvalue weighted by Gasteiger charge is 2.21. The minimum Gasteiger partial charge on any atom is -0.273 e. The average Bonchev–Trinajstić information content (AvgIpc) is 2.59. The Morgan fingerprint density at radius 2 is 2.25 bits per heavy atom. The number of amides is 1. The highest BCUT2D eigenvalue weighted by molar-refractivity contribution is 7.98. The van der Waals surface area contributed by atoms with Crippen molar-refractivity contribution in [2.24, 2.45) is 5.10 Å². The van der Waals surface area contributed by atoms with Crippen molar-refractivity contribution in [2.45, 2.75) is 11.3 Å². The molecule has 1 heterocycles. The van der Waals surface area contributed by atoms with E-state index in [0.717, 1.165) is 0 Å². The van der Waals surface area contributed by atoms with Crippen molar-refractivity contribution in [3.05, 3.63) is 29.6 Å². The van der Waals surface area contributed by atoms with E-state index in [4.69, 9.17) is 0 Å². The predicted molar refractivity (Wildman–Crippen MR) is 62.1 cm³/mol. The van der Waals surface area contributed by atoms with Crippen LogP contribution < -0.4 is 0 Å². The lowest BCUT2D eigenvalue weighted by Gasteiger charge is -2.02. The number of nitrogens with zero attached hydrogens (tertiary/aromatic N) is 2. The molecule has 1 aromatic carbocycles. The molecule has 0 aliphatic carbocycles. The normalized spacial score (nSPS) is 15.6. The van der Waals surface area contributed by atoms with Crippen LogP contribution in [0.4, 0.5) is 4.39 Å². The summed E-state index contributed by atoms with van der Waals surface area (Å²) in [7, 11) is 1.60. The quantitative estimate of drug-likeness (QED) is 0.739. The van der Waals surface area contributed by atoms with Crippen LogP contribution in [0.3, 0.4) is 0 Å². The molecule has 1 aliphatic heterocycles. The summed E-state index contributed by atoms with van der Waals surface area (Å²) in [6.07, 6.45) is 2.07. The van der Waals surface area contributed by atoms with Gasteiger partial charge in [-0.05, 0) is 18.4 Å². The number of hydrogen-bond donors (Lipinski definition) is 0. The Hall–Kier alpha value is -1.36. The molecule has 0 fully saturated rings. The van der Waals surface area contributed by atoms with Gasteiger partial charge in [0.15, 0.2) is 0 Å². The van der Waals surface area contributed by atoms with Gasteiger partial charge in [0.1, 0.15) is 5.82 Å². The van der Waals surface area contributed by atoms with Crippen LogP contribution in [0.5, 0.6) is 0 Å². The van der Waals surface area contributed by atoms with Crippen LogP contribution >= 0.6 is 11.8 Å². The van der Waals surface area contributed by atoms with Gasteiger partial charge in [0.25, 0.3) is 0 Å². The second-order valence-electron chi connectivity index (χ2n) is 3.49. The molecule has 0 saturated heterocycles. The van der Waals surface area contributed by atoms with Crippen molar-refractivity contribution in [1.82, 2.24) is 5.01 Å². The van der Waals surface area contributed by atoms with E-state index >= 15 is 0 Å². The highest BCUT2D eigenvalue weighted by atomic mass is 32.2. The second-order valence-corrected chi connectivity index (χ2v) is 4.34. The summed E-state index contributed by atoms with van der Waals surface area (Å²) >= 11 is 1.36. The SMILES string of the molecule is CSc1ccc(C2=NN(C)C(=O)C2)cc1F. The number of rotatable bonds is 2. The molecular formula is C11H11FN2OS. The maximum absolute atomic E-state index is 13.5. The first-order valence-corrected chi connectivity index (χ1v) is 6.02. The van der Waals surface area contributed by atoms with Gasteiger partial charge >= 0.3 is 0 Å². The van der Waals surface area contributed by atoms with Crippen LogP contribution in [0.15, 0.2) is 28.2 Å². The minimum atomic E-state index is -0.269. The molecule has 0 aromatic heterocycles. The number of hydrogen-bond acceptors (Lipinski definition) is 3. The lowest BCUT2D eigenvalue weighted by molar-refractivity contribution is -0.127. The van der Waals surface area contributed by atoms with Crippen molar-refractivity contribution in [3.63, 3.8) is 0 Å². The summed E-state index contributed by atoms with van der Waals surface area (Å²) in [5, 5.41) is 5.35. The zero-order valence-corrected chi connectivity index (χ0v) is 9.84. The molecule has 0 atom stereocenters. The second kappa shape index (κ2) is 4.25. The van der Waals surface area contributed by atoms with Gasteiger partial charge < -0.3 is 0 Å². The van der Waals surface area contributed by atoms with E-state index in [9.17, 15) is 9.18 Å². The molecule has 1 aromatic rings. The summed E-state index contributed by atoms with van der Waals surface area (Å²) in [6, 6.07) is 4.93. The molecule has 1 amide bonds. The lowest BCUT2D eigenvalue weighted by Crippen LogP contribution is -2.14. The number of thioether (sulfide) groups is 1. The fourth-order valence-corrected chi connectivity index (χ4v) is 1.99. The molecular weight excluding hydrogens is 227 g/mol. The molecule has 0 radical (unpaired) electrons. The van der Waals surface area contributed by atoms with E-state index in [1.165, 1.54) is 22.8 Å². The fraction of sp³-hybridized carbons (Fsp3) is 0.273. The Kier molecular flexibility index (Phi) is 2.96. The van der Waals surface area contributed by atoms with Gasteiger partial charge in [-0.2, -0.15) is 5.10 Å². The summed E-state index contributed by atoms with van der Waals surface area (Å²) in [4.78, 5) is 11.9. The van der Waals surface area contributed by atoms with E-state index in [0.29, 0.717) is 16.2 Å². The van der Waals surface area contributed by atoms with Gasteiger partial charge in [0, 0.05) is 17.5 Å². The molecule has 0 saturated carbocycles. The van der Waals surface area contributed by atoms with Crippen LogP contribution in [-0.2, 0) is 4.79 Å². The Bertz CT molecular complexity index is 473. The molecule has 16 heavy (non-hydrogen) atoms. The summed E-state index contributed by atoms with van der Waals surface area (Å²) in [5.74, 6) is -0.334. The van der Waals surface area contributed by atoms with Crippen LogP contribution in [0.2, 0.25) is 0 Å². The first kappa shape index (κ1) is 11.1. The number of carbonyl (C=O) groups excluding carboxylic acids is 1. The van der Waals surface area contributed by atoms with E-state index < -0.39 is 0 Å². The summed E-state index contributed by atoms with van der Waals surface area (Å²) in [6.45, 7) is 0. The Morgan fingerprint density at radius 3 is 2.75 bits per heavy atom. The third kappa shape index (κ3) is 1.95. The third-order valence-electron chi connectivity index (χ3n) is 2.44. The average molecular weight is 238 g/mol. The molecule has 2 rings (SSSR count). The van der Waals surface area contributed by atoms with Gasteiger partial charge in [-0.15, -0.1) is 11.8 Å². The molecule has 0 N–H and O–H groups in total. The lowest BCUT2D eigenvalue weighted by atomic mass is 10.1. The molecule has 0 bridgehead atoms. The molecule has 0 spiro atoms. The summed E-state index contributed by atoms with van der Waals surface area (Å²) in [5.41, 5.74) is 1.30. The zero-order chi connectivity index (χ0) is 11.7. The van der Waals surface area contributed by atoms with Gasteiger partial charge in [0.05, 0.1) is 12.1 Å². The van der Waals surface area contributed by atoms with Crippen molar-refractivity contribution in [2.75, 3.05) is 13.3 Å². The van der Waals surface area contributed by atoms with E-state index in [-0.39, 0.29) is 18.1 Å². The zero-order valence-electron chi connectivity index (χ0n) is 9.03. The van der Waals surface area contributed by atoms with Crippen LogP contribution in [0.25, 0.3) is 0 Å². The minimum absolute atomic E-state index is 0.0654. The topological polar surface area (TPSA) is 32.7 Å². The van der Waals surface area contributed by atoms with Gasteiger partial charge in [-0.25, -0.2) is 9.40 Å². The molecule has 5 heteroatoms. The summed E-state index contributed by atoms with van der Waals surface area (Å²) < 4.78 is 13.5. The van der Waals surface area contributed by atoms with Gasteiger partial charge in [-0.3, -0.25) is 4.79 Å². The van der Waals surface area contributed by atoms with E-state index in [2.05, 4.69) is 5.10 Å². The monoisotopic (exact) mass is 238 g/mol. The number of halogens is 1. The standard InChI is InChI=1S/C11H11FN2OS/c1-14-11(15)6-9(13-14)7-3-4-10(16-2)8(12)5-7/h3-5H,6H2,1-2H3. The molecule has 3 nitrogen and oxygen atoms in total. The maximum atomic E-state index is 13.5. The van der Waals surface area contributed by atoms with E-state index in [1.54, 1.807) is 19.2 Å². The van der Waals surface area contributed by atoms with Crippen molar-refractivity contribution < 1.29 is 9.18 Å². The van der Waals surface area contributed by atoms with Crippen LogP contribution in [0.1, 0.15) is 12.0 Å². The molecule has 0 unspecified atom stereocenters. The fourth-order valence-electron chi connectivity index (χ4n) is 1.54. The van der Waals surface area contributed by atoms with Gasteiger partial charge in [0.2, 0.25) is 5.91 Å². The Labute approximate surface area is 97.3 Å². The van der Waals surface area contributed by atoms with Crippen molar-refractivity contribution in [3.8, 4) is 0 Å².